The Kier molecular flexibility index (Phi) is 5.33. The summed E-state index contributed by atoms with van der Waals surface area (Å²) in [6.07, 6.45) is 1.62. The molecular weight excluding hydrogens is 400 g/mol. The summed E-state index contributed by atoms with van der Waals surface area (Å²) in [6.45, 7) is 3.39. The van der Waals surface area contributed by atoms with Crippen molar-refractivity contribution in [2.75, 3.05) is 5.32 Å². The largest absolute Gasteiger partial charge is 0.347 e. The smallest absolute Gasteiger partial charge is 0.253 e. The van der Waals surface area contributed by atoms with Crippen molar-refractivity contribution in [3.05, 3.63) is 87.3 Å². The molecule has 0 aliphatic heterocycles. The third-order valence-electron chi connectivity index (χ3n) is 4.89. The lowest BCUT2D eigenvalue weighted by atomic mass is 10.0. The lowest BCUT2D eigenvalue weighted by Crippen LogP contribution is -2.20. The van der Waals surface area contributed by atoms with Crippen molar-refractivity contribution in [2.45, 2.75) is 19.9 Å². The lowest BCUT2D eigenvalue weighted by Gasteiger charge is -2.15. The summed E-state index contributed by atoms with van der Waals surface area (Å²) in [5.74, 6) is 0.331. The molecule has 1 atom stereocenters. The SMILES string of the molecule is CC(=O)c1ccccc1-c1ccnc(NC(C)c2cc3cc(Cl)ccc3[nH]c2=O)n1. The van der Waals surface area contributed by atoms with E-state index in [1.807, 2.05) is 31.2 Å². The van der Waals surface area contributed by atoms with E-state index in [2.05, 4.69) is 20.3 Å². The second kappa shape index (κ2) is 8.08. The summed E-state index contributed by atoms with van der Waals surface area (Å²) in [7, 11) is 0. The molecule has 4 rings (SSSR count). The van der Waals surface area contributed by atoms with Crippen LogP contribution in [0.1, 0.15) is 35.8 Å². The van der Waals surface area contributed by atoms with E-state index in [-0.39, 0.29) is 17.4 Å². The Morgan fingerprint density at radius 2 is 1.93 bits per heavy atom. The van der Waals surface area contributed by atoms with E-state index in [1.54, 1.807) is 36.5 Å². The summed E-state index contributed by atoms with van der Waals surface area (Å²) >= 11 is 6.08. The summed E-state index contributed by atoms with van der Waals surface area (Å²) < 4.78 is 0. The normalized spacial score (nSPS) is 12.0. The number of pyridine rings is 1. The number of hydrogen-bond donors (Lipinski definition) is 2. The van der Waals surface area contributed by atoms with Crippen LogP contribution >= 0.6 is 11.6 Å². The Morgan fingerprint density at radius 3 is 2.73 bits per heavy atom. The van der Waals surface area contributed by atoms with Gasteiger partial charge in [0.05, 0.1) is 11.7 Å². The van der Waals surface area contributed by atoms with Gasteiger partial charge in [0, 0.05) is 38.8 Å². The number of Topliss-reactive ketones (excluding diaryl/α,β-unsaturated/α-hetero) is 1. The van der Waals surface area contributed by atoms with Gasteiger partial charge in [0.1, 0.15) is 0 Å². The van der Waals surface area contributed by atoms with Gasteiger partial charge in [-0.25, -0.2) is 9.97 Å². The summed E-state index contributed by atoms with van der Waals surface area (Å²) in [4.78, 5) is 36.2. The zero-order valence-corrected chi connectivity index (χ0v) is 17.2. The quantitative estimate of drug-likeness (QED) is 0.444. The van der Waals surface area contributed by atoms with E-state index in [0.29, 0.717) is 27.8 Å². The Hall–Kier alpha value is -3.51. The predicted octanol–water partition coefficient (Wildman–Crippen LogP) is 5.01. The van der Waals surface area contributed by atoms with Crippen molar-refractivity contribution in [3.63, 3.8) is 0 Å². The Balaban J connectivity index is 1.67. The fourth-order valence-electron chi connectivity index (χ4n) is 3.38. The molecule has 0 amide bonds. The van der Waals surface area contributed by atoms with E-state index < -0.39 is 0 Å². The Bertz CT molecular complexity index is 1320. The van der Waals surface area contributed by atoms with Crippen molar-refractivity contribution in [2.24, 2.45) is 0 Å². The van der Waals surface area contributed by atoms with Crippen LogP contribution in [0.2, 0.25) is 5.02 Å². The number of benzene rings is 2. The minimum atomic E-state index is -0.351. The van der Waals surface area contributed by atoms with Crippen LogP contribution in [0.5, 0.6) is 0 Å². The van der Waals surface area contributed by atoms with E-state index in [0.717, 1.165) is 16.5 Å². The first kappa shape index (κ1) is 19.8. The number of ketones is 1. The van der Waals surface area contributed by atoms with E-state index in [4.69, 9.17) is 11.6 Å². The fraction of sp³-hybridized carbons (Fsp3) is 0.130. The molecule has 0 radical (unpaired) electrons. The van der Waals surface area contributed by atoms with Crippen molar-refractivity contribution < 1.29 is 4.79 Å². The Labute approximate surface area is 178 Å². The maximum atomic E-state index is 12.6. The molecule has 4 aromatic rings. The average molecular weight is 419 g/mol. The van der Waals surface area contributed by atoms with Crippen molar-refractivity contribution in [3.8, 4) is 11.3 Å². The molecule has 30 heavy (non-hydrogen) atoms. The molecule has 2 aromatic carbocycles. The third-order valence-corrected chi connectivity index (χ3v) is 5.12. The third kappa shape index (κ3) is 3.95. The number of anilines is 1. The first-order chi connectivity index (χ1) is 14.4. The molecule has 2 N–H and O–H groups in total. The van der Waals surface area contributed by atoms with Gasteiger partial charge in [-0.2, -0.15) is 0 Å². The van der Waals surface area contributed by atoms with E-state index >= 15 is 0 Å². The predicted molar refractivity (Wildman–Crippen MR) is 119 cm³/mol. The lowest BCUT2D eigenvalue weighted by molar-refractivity contribution is 0.101. The molecule has 0 bridgehead atoms. The van der Waals surface area contributed by atoms with Gasteiger partial charge >= 0.3 is 0 Å². The van der Waals surface area contributed by atoms with Gasteiger partial charge in [-0.1, -0.05) is 35.9 Å². The molecule has 0 aliphatic carbocycles. The fourth-order valence-corrected chi connectivity index (χ4v) is 3.56. The number of hydrogen-bond acceptors (Lipinski definition) is 5. The van der Waals surface area contributed by atoms with Gasteiger partial charge < -0.3 is 10.3 Å². The topological polar surface area (TPSA) is 87.7 Å². The number of nitrogens with zero attached hydrogens (tertiary/aromatic N) is 2. The molecular formula is C23H19ClN4O2. The molecule has 0 saturated heterocycles. The number of nitrogens with one attached hydrogen (secondary N) is 2. The van der Waals surface area contributed by atoms with Crippen molar-refractivity contribution in [1.82, 2.24) is 15.0 Å². The highest BCUT2D eigenvalue weighted by Crippen LogP contribution is 2.24. The molecule has 150 valence electrons. The number of rotatable bonds is 5. The highest BCUT2D eigenvalue weighted by atomic mass is 35.5. The number of halogens is 1. The molecule has 0 fully saturated rings. The molecule has 0 saturated carbocycles. The minimum absolute atomic E-state index is 0.0338. The van der Waals surface area contributed by atoms with E-state index in [1.165, 1.54) is 6.92 Å². The second-order valence-corrected chi connectivity index (χ2v) is 7.46. The van der Waals surface area contributed by atoms with Gasteiger partial charge in [-0.3, -0.25) is 9.59 Å². The first-order valence-electron chi connectivity index (χ1n) is 9.45. The molecule has 2 heterocycles. The van der Waals surface area contributed by atoms with Crippen LogP contribution in [-0.4, -0.2) is 20.7 Å². The number of carbonyl (C=O) groups is 1. The standard InChI is InChI=1S/C23H19ClN4O2/c1-13(19-12-15-11-16(24)7-8-20(15)27-22(19)30)26-23-25-10-9-21(28-23)18-6-4-3-5-17(18)14(2)29/h3-13H,1-2H3,(H,27,30)(H,25,26,28). The number of carbonyl (C=O) groups excluding carboxylic acids is 1. The second-order valence-electron chi connectivity index (χ2n) is 7.02. The highest BCUT2D eigenvalue weighted by Gasteiger charge is 2.15. The minimum Gasteiger partial charge on any atom is -0.347 e. The van der Waals surface area contributed by atoms with Crippen LogP contribution in [0, 0.1) is 0 Å². The zero-order valence-electron chi connectivity index (χ0n) is 16.4. The number of fused-ring (bicyclic) bond motifs is 1. The molecule has 0 spiro atoms. The van der Waals surface area contributed by atoms with Crippen LogP contribution in [-0.2, 0) is 0 Å². The summed E-state index contributed by atoms with van der Waals surface area (Å²) in [5, 5.41) is 4.62. The van der Waals surface area contributed by atoms with Gasteiger partial charge in [0.2, 0.25) is 5.95 Å². The average Bonchev–Trinajstić information content (AvgIpc) is 2.73. The van der Waals surface area contributed by atoms with Crippen molar-refractivity contribution in [1.29, 1.82) is 0 Å². The van der Waals surface area contributed by atoms with Gasteiger partial charge in [0.25, 0.3) is 5.56 Å². The summed E-state index contributed by atoms with van der Waals surface area (Å²) in [5.41, 5.74) is 3.04. The van der Waals surface area contributed by atoms with Crippen molar-refractivity contribution >= 4 is 34.2 Å². The molecule has 0 aliphatic rings. The number of H-pyrrole nitrogens is 1. The van der Waals surface area contributed by atoms with Gasteiger partial charge in [0.15, 0.2) is 5.78 Å². The molecule has 1 unspecified atom stereocenters. The van der Waals surface area contributed by atoms with Crippen LogP contribution in [0.15, 0.2) is 65.6 Å². The molecule has 6 nitrogen and oxygen atoms in total. The monoisotopic (exact) mass is 418 g/mol. The Morgan fingerprint density at radius 1 is 1.13 bits per heavy atom. The van der Waals surface area contributed by atoms with Gasteiger partial charge in [-0.15, -0.1) is 0 Å². The summed E-state index contributed by atoms with van der Waals surface area (Å²) in [6, 6.07) is 15.8. The zero-order chi connectivity index (χ0) is 21.3. The number of aromatic amines is 1. The van der Waals surface area contributed by atoms with Gasteiger partial charge in [-0.05, 0) is 44.2 Å². The van der Waals surface area contributed by atoms with Crippen LogP contribution in [0.4, 0.5) is 5.95 Å². The highest BCUT2D eigenvalue weighted by molar-refractivity contribution is 6.31. The van der Waals surface area contributed by atoms with Crippen LogP contribution < -0.4 is 10.9 Å². The maximum absolute atomic E-state index is 12.6. The maximum Gasteiger partial charge on any atom is 0.253 e. The molecule has 7 heteroatoms. The van der Waals surface area contributed by atoms with Crippen LogP contribution in [0.3, 0.4) is 0 Å². The molecule has 2 aromatic heterocycles. The number of aromatic nitrogens is 3. The van der Waals surface area contributed by atoms with E-state index in [9.17, 15) is 9.59 Å². The first-order valence-corrected chi connectivity index (χ1v) is 9.82. The van der Waals surface area contributed by atoms with Crippen LogP contribution in [0.25, 0.3) is 22.2 Å².